The van der Waals surface area contributed by atoms with Gasteiger partial charge < -0.3 is 14.2 Å². The molecule has 0 saturated heterocycles. The molecule has 0 fully saturated rings. The first-order valence-electron chi connectivity index (χ1n) is 7.97. The Labute approximate surface area is 151 Å². The summed E-state index contributed by atoms with van der Waals surface area (Å²) in [4.78, 5) is 14.1. The molecule has 5 heteroatoms. The highest BCUT2D eigenvalue weighted by Crippen LogP contribution is 2.49. The second-order valence-electron chi connectivity index (χ2n) is 5.45. The third-order valence-electron chi connectivity index (χ3n) is 4.12. The van der Waals surface area contributed by atoms with Crippen molar-refractivity contribution >= 4 is 28.0 Å². The van der Waals surface area contributed by atoms with E-state index in [1.165, 1.54) is 0 Å². The Morgan fingerprint density at radius 1 is 0.920 bits per heavy atom. The smallest absolute Gasteiger partial charge is 0.195 e. The minimum absolute atomic E-state index is 0.00619. The van der Waals surface area contributed by atoms with E-state index < -0.39 is 0 Å². The van der Waals surface area contributed by atoms with Gasteiger partial charge in [-0.1, -0.05) is 19.1 Å². The number of benzene rings is 2. The van der Waals surface area contributed by atoms with Crippen LogP contribution in [-0.4, -0.2) is 32.9 Å². The molecule has 0 spiro atoms. The van der Waals surface area contributed by atoms with E-state index in [4.69, 9.17) is 14.2 Å². The normalized spacial score (nSPS) is 13.0. The lowest BCUT2D eigenvalue weighted by atomic mass is 10.0. The molecule has 0 amide bonds. The van der Waals surface area contributed by atoms with Crippen molar-refractivity contribution in [1.29, 1.82) is 0 Å². The van der Waals surface area contributed by atoms with Crippen molar-refractivity contribution in [1.82, 2.24) is 0 Å². The van der Waals surface area contributed by atoms with Gasteiger partial charge >= 0.3 is 0 Å². The van der Waals surface area contributed by atoms with Gasteiger partial charge in [-0.2, -0.15) is 0 Å². The number of ether oxygens (including phenoxy) is 3. The van der Waals surface area contributed by atoms with Crippen molar-refractivity contribution < 1.29 is 19.0 Å². The van der Waals surface area contributed by atoms with E-state index in [0.717, 1.165) is 27.5 Å². The van der Waals surface area contributed by atoms with Gasteiger partial charge in [-0.05, 0) is 29.5 Å². The number of thioether (sulfide) groups is 1. The highest BCUT2D eigenvalue weighted by Gasteiger charge is 2.34. The number of allylic oxidation sites excluding steroid dienone is 1. The first-order valence-corrected chi connectivity index (χ1v) is 8.95. The fourth-order valence-electron chi connectivity index (χ4n) is 2.95. The van der Waals surface area contributed by atoms with Crippen LogP contribution in [0.1, 0.15) is 28.4 Å². The van der Waals surface area contributed by atoms with Crippen molar-refractivity contribution in [3.63, 3.8) is 0 Å². The second kappa shape index (κ2) is 7.23. The Balaban J connectivity index is 2.21. The average molecular weight is 356 g/mol. The molecule has 4 nitrogen and oxygen atoms in total. The molecular formula is C20H20O4S. The molecule has 0 aliphatic heterocycles. The van der Waals surface area contributed by atoms with Crippen molar-refractivity contribution in [3.8, 4) is 17.2 Å². The van der Waals surface area contributed by atoms with Crippen molar-refractivity contribution in [2.45, 2.75) is 6.92 Å². The van der Waals surface area contributed by atoms with E-state index in [1.54, 1.807) is 39.2 Å². The molecule has 0 saturated carbocycles. The summed E-state index contributed by atoms with van der Waals surface area (Å²) in [7, 11) is 4.82. The third kappa shape index (κ3) is 3.00. The molecule has 1 aliphatic carbocycles. The highest BCUT2D eigenvalue weighted by molar-refractivity contribution is 8.08. The predicted molar refractivity (Wildman–Crippen MR) is 102 cm³/mol. The maximum Gasteiger partial charge on any atom is 0.195 e. The lowest BCUT2D eigenvalue weighted by Gasteiger charge is -2.12. The molecule has 2 aromatic rings. The first kappa shape index (κ1) is 17.4. The van der Waals surface area contributed by atoms with Gasteiger partial charge in [-0.15, -0.1) is 11.8 Å². The molecule has 3 rings (SSSR count). The van der Waals surface area contributed by atoms with Crippen LogP contribution in [0, 0.1) is 0 Å². The van der Waals surface area contributed by atoms with E-state index in [0.29, 0.717) is 22.6 Å². The first-order chi connectivity index (χ1) is 12.1. The van der Waals surface area contributed by atoms with Crippen LogP contribution in [0.4, 0.5) is 0 Å². The van der Waals surface area contributed by atoms with E-state index in [2.05, 4.69) is 6.92 Å². The van der Waals surface area contributed by atoms with Crippen LogP contribution in [0.3, 0.4) is 0 Å². The van der Waals surface area contributed by atoms with Gasteiger partial charge in [-0.3, -0.25) is 4.79 Å². The monoisotopic (exact) mass is 356 g/mol. The van der Waals surface area contributed by atoms with Gasteiger partial charge in [-0.25, -0.2) is 0 Å². The van der Waals surface area contributed by atoms with E-state index in [-0.39, 0.29) is 5.78 Å². The molecule has 0 unspecified atom stereocenters. The summed E-state index contributed by atoms with van der Waals surface area (Å²) in [5, 5.41) is 0. The zero-order valence-corrected chi connectivity index (χ0v) is 15.5. The second-order valence-corrected chi connectivity index (χ2v) is 6.72. The molecule has 0 N–H and O–H groups in total. The summed E-state index contributed by atoms with van der Waals surface area (Å²) in [5.41, 5.74) is 3.05. The molecule has 0 bridgehead atoms. The van der Waals surface area contributed by atoms with Crippen molar-refractivity contribution in [2.24, 2.45) is 0 Å². The minimum Gasteiger partial charge on any atom is -0.497 e. The minimum atomic E-state index is -0.00619. The number of carbonyl (C=O) groups is 1. The summed E-state index contributed by atoms with van der Waals surface area (Å²) < 4.78 is 16.1. The van der Waals surface area contributed by atoms with Crippen LogP contribution in [-0.2, 0) is 0 Å². The Morgan fingerprint density at radius 2 is 1.60 bits per heavy atom. The van der Waals surface area contributed by atoms with Crippen LogP contribution >= 0.6 is 11.8 Å². The predicted octanol–water partition coefficient (Wildman–Crippen LogP) is 4.53. The number of hydrogen-bond acceptors (Lipinski definition) is 5. The largest absolute Gasteiger partial charge is 0.497 e. The fourth-order valence-corrected chi connectivity index (χ4v) is 3.95. The van der Waals surface area contributed by atoms with Gasteiger partial charge in [0.25, 0.3) is 0 Å². The lowest BCUT2D eigenvalue weighted by molar-refractivity contribution is 0.105. The molecule has 2 aromatic carbocycles. The summed E-state index contributed by atoms with van der Waals surface area (Å²) in [5.74, 6) is 2.88. The Bertz CT molecular complexity index is 838. The summed E-state index contributed by atoms with van der Waals surface area (Å²) in [6, 6.07) is 11.2. The zero-order valence-electron chi connectivity index (χ0n) is 14.7. The molecule has 130 valence electrons. The Kier molecular flexibility index (Phi) is 5.04. The van der Waals surface area contributed by atoms with Crippen LogP contribution in [0.2, 0.25) is 0 Å². The fraction of sp³-hybridized carbons (Fsp3) is 0.250. The number of Topliss-reactive ketones (excluding diaryl/α,β-unsaturated/α-hetero) is 1. The Morgan fingerprint density at radius 3 is 2.16 bits per heavy atom. The average Bonchev–Trinajstić information content (AvgIpc) is 2.93. The Hall–Kier alpha value is -2.40. The van der Waals surface area contributed by atoms with E-state index in [9.17, 15) is 4.79 Å². The standard InChI is InChI=1S/C20H20O4S/c1-5-25-20-17(12-6-8-13(22-2)9-7-12)19(21)15-10-14(23-3)11-16(24-4)18(15)20/h6-11H,5H2,1-4H3. The third-order valence-corrected chi connectivity index (χ3v) is 5.11. The molecule has 0 aromatic heterocycles. The molecule has 0 atom stereocenters. The van der Waals surface area contributed by atoms with Crippen LogP contribution in [0.5, 0.6) is 17.2 Å². The summed E-state index contributed by atoms with van der Waals surface area (Å²) in [6.07, 6.45) is 0. The summed E-state index contributed by atoms with van der Waals surface area (Å²) in [6.45, 7) is 2.07. The van der Waals surface area contributed by atoms with E-state index >= 15 is 0 Å². The maximum absolute atomic E-state index is 13.2. The number of carbonyl (C=O) groups excluding carboxylic acids is 1. The SMILES string of the molecule is CCSC1=C(c2ccc(OC)cc2)C(=O)c2cc(OC)cc(OC)c21. The molecule has 1 aliphatic rings. The highest BCUT2D eigenvalue weighted by atomic mass is 32.2. The van der Waals surface area contributed by atoms with Crippen molar-refractivity contribution in [2.75, 3.05) is 27.1 Å². The van der Waals surface area contributed by atoms with Crippen LogP contribution in [0.25, 0.3) is 10.5 Å². The molecular weight excluding hydrogens is 336 g/mol. The van der Waals surface area contributed by atoms with Crippen molar-refractivity contribution in [3.05, 3.63) is 53.1 Å². The van der Waals surface area contributed by atoms with Gasteiger partial charge in [0.1, 0.15) is 17.2 Å². The van der Waals surface area contributed by atoms with Crippen LogP contribution < -0.4 is 14.2 Å². The zero-order chi connectivity index (χ0) is 18.0. The molecule has 0 heterocycles. The molecule has 0 radical (unpaired) electrons. The van der Waals surface area contributed by atoms with Gasteiger partial charge in [0.05, 0.1) is 21.3 Å². The quantitative estimate of drug-likeness (QED) is 0.761. The van der Waals surface area contributed by atoms with E-state index in [1.807, 2.05) is 30.3 Å². The number of hydrogen-bond donors (Lipinski definition) is 0. The molecule has 25 heavy (non-hydrogen) atoms. The number of methoxy groups -OCH3 is 3. The lowest BCUT2D eigenvalue weighted by Crippen LogP contribution is -2.00. The number of rotatable bonds is 6. The summed E-state index contributed by atoms with van der Waals surface area (Å²) >= 11 is 1.65. The maximum atomic E-state index is 13.2. The van der Waals surface area contributed by atoms with Gasteiger partial charge in [0, 0.05) is 27.7 Å². The topological polar surface area (TPSA) is 44.8 Å². The number of ketones is 1. The number of fused-ring (bicyclic) bond motifs is 1. The van der Waals surface area contributed by atoms with Crippen LogP contribution in [0.15, 0.2) is 36.4 Å². The van der Waals surface area contributed by atoms with Gasteiger partial charge in [0.2, 0.25) is 0 Å². The van der Waals surface area contributed by atoms with Gasteiger partial charge in [0.15, 0.2) is 5.78 Å².